The van der Waals surface area contributed by atoms with E-state index in [1.54, 1.807) is 0 Å². The maximum absolute atomic E-state index is 9.59. The first kappa shape index (κ1) is 9.93. The Kier molecular flexibility index (Phi) is 2.27. The lowest BCUT2D eigenvalue weighted by atomic mass is 10.1. The highest BCUT2D eigenvalue weighted by molar-refractivity contribution is 8.87. The first-order chi connectivity index (χ1) is 6.50. The minimum atomic E-state index is -1.16. The van der Waals surface area contributed by atoms with Crippen LogP contribution in [-0.4, -0.2) is 23.3 Å². The van der Waals surface area contributed by atoms with E-state index < -0.39 is 9.06 Å². The van der Waals surface area contributed by atoms with Crippen LogP contribution < -0.4 is 0 Å². The SMILES string of the molecule is CS(C)(S)C1OC(=[OH+])c2ccccc21. The maximum Gasteiger partial charge on any atom is 0.519 e. The highest BCUT2D eigenvalue weighted by atomic mass is 33.1. The van der Waals surface area contributed by atoms with Gasteiger partial charge in [-0.25, -0.2) is 0 Å². The second kappa shape index (κ2) is 3.21. The van der Waals surface area contributed by atoms with Crippen LogP contribution in [0, 0.1) is 0 Å². The average molecular weight is 229 g/mol. The molecule has 4 heteroatoms. The minimum Gasteiger partial charge on any atom is -0.335 e. The van der Waals surface area contributed by atoms with Gasteiger partial charge in [-0.1, -0.05) is 18.2 Å². The summed E-state index contributed by atoms with van der Waals surface area (Å²) >= 11 is 4.55. The van der Waals surface area contributed by atoms with Crippen LogP contribution in [0.2, 0.25) is 0 Å². The Morgan fingerprint density at radius 2 is 2.00 bits per heavy atom. The van der Waals surface area contributed by atoms with Crippen molar-refractivity contribution < 1.29 is 9.53 Å². The third kappa shape index (κ3) is 1.53. The Balaban J connectivity index is 2.50. The molecule has 0 fully saturated rings. The van der Waals surface area contributed by atoms with Crippen molar-refractivity contribution >= 4 is 26.7 Å². The third-order valence-corrected chi connectivity index (χ3v) is 4.16. The third-order valence-electron chi connectivity index (χ3n) is 2.19. The van der Waals surface area contributed by atoms with E-state index in [1.807, 2.05) is 24.3 Å². The maximum atomic E-state index is 9.59. The lowest BCUT2D eigenvalue weighted by Gasteiger charge is -2.25. The number of rotatable bonds is 1. The zero-order valence-electron chi connectivity index (χ0n) is 8.10. The van der Waals surface area contributed by atoms with Crippen molar-refractivity contribution in [3.05, 3.63) is 35.4 Å². The van der Waals surface area contributed by atoms with Gasteiger partial charge >= 0.3 is 5.97 Å². The first-order valence-corrected chi connectivity index (χ1v) is 7.83. The predicted molar refractivity (Wildman–Crippen MR) is 64.7 cm³/mol. The number of benzene rings is 1. The number of ether oxygens (including phenoxy) is 1. The molecule has 1 heterocycles. The highest BCUT2D eigenvalue weighted by Crippen LogP contribution is 2.61. The van der Waals surface area contributed by atoms with Crippen molar-refractivity contribution in [2.75, 3.05) is 12.5 Å². The van der Waals surface area contributed by atoms with Crippen LogP contribution in [0.15, 0.2) is 24.3 Å². The molecule has 14 heavy (non-hydrogen) atoms. The normalized spacial score (nSPS) is 21.6. The zero-order valence-corrected chi connectivity index (χ0v) is 9.81. The molecule has 0 radical (unpaired) electrons. The highest BCUT2D eigenvalue weighted by Gasteiger charge is 2.44. The Morgan fingerprint density at radius 1 is 1.36 bits per heavy atom. The van der Waals surface area contributed by atoms with Crippen molar-refractivity contribution in [1.82, 2.24) is 0 Å². The van der Waals surface area contributed by atoms with Crippen LogP contribution in [-0.2, 0) is 4.74 Å². The van der Waals surface area contributed by atoms with Crippen LogP contribution in [0.4, 0.5) is 0 Å². The standard InChI is InChI=1S/C10H12O2S2/c1-14(2,13)10-8-6-4-3-5-7(8)9(11)12-10/h3-6,10,13H,1-2H3/p+1. The van der Waals surface area contributed by atoms with Crippen molar-refractivity contribution in [2.24, 2.45) is 0 Å². The lowest BCUT2D eigenvalue weighted by Crippen LogP contribution is -2.04. The van der Waals surface area contributed by atoms with Gasteiger partial charge in [0.05, 0.1) is 5.56 Å². The van der Waals surface area contributed by atoms with Crippen LogP contribution in [0.25, 0.3) is 0 Å². The molecule has 0 bridgehead atoms. The van der Waals surface area contributed by atoms with Crippen molar-refractivity contribution in [2.45, 2.75) is 5.44 Å². The molecule has 1 aliphatic rings. The van der Waals surface area contributed by atoms with E-state index in [9.17, 15) is 4.79 Å². The van der Waals surface area contributed by atoms with Gasteiger partial charge in [-0.15, -0.1) is 20.7 Å². The molecule has 0 saturated heterocycles. The molecule has 0 aromatic heterocycles. The molecule has 1 aromatic carbocycles. The molecule has 0 aliphatic carbocycles. The van der Waals surface area contributed by atoms with Crippen LogP contribution in [0.1, 0.15) is 16.6 Å². The summed E-state index contributed by atoms with van der Waals surface area (Å²) < 4.78 is 5.43. The average Bonchev–Trinajstić information content (AvgIpc) is 2.44. The second-order valence-corrected chi connectivity index (χ2v) is 9.64. The van der Waals surface area contributed by atoms with Gasteiger partial charge in [0.2, 0.25) is 0 Å². The number of hydrogen-bond acceptors (Lipinski definition) is 2. The van der Waals surface area contributed by atoms with Gasteiger partial charge < -0.3 is 4.79 Å². The van der Waals surface area contributed by atoms with E-state index in [1.165, 1.54) is 0 Å². The van der Waals surface area contributed by atoms with Gasteiger partial charge in [0.15, 0.2) is 0 Å². The van der Waals surface area contributed by atoms with Crippen LogP contribution in [0.3, 0.4) is 0 Å². The molecule has 1 N–H and O–H groups in total. The van der Waals surface area contributed by atoms with Gasteiger partial charge in [0.1, 0.15) is 5.56 Å². The summed E-state index contributed by atoms with van der Waals surface area (Å²) in [5, 5.41) is 0. The number of esters is 1. The molecule has 0 saturated carbocycles. The summed E-state index contributed by atoms with van der Waals surface area (Å²) in [4.78, 5) is 9.59. The van der Waals surface area contributed by atoms with Crippen molar-refractivity contribution in [3.8, 4) is 0 Å². The first-order valence-electron chi connectivity index (χ1n) is 4.26. The van der Waals surface area contributed by atoms with Crippen LogP contribution in [0.5, 0.6) is 0 Å². The summed E-state index contributed by atoms with van der Waals surface area (Å²) in [5.74, 6) is 0.0280. The fourth-order valence-corrected chi connectivity index (χ4v) is 3.18. The van der Waals surface area contributed by atoms with Gasteiger partial charge in [-0.05, 0) is 18.6 Å². The van der Waals surface area contributed by atoms with E-state index in [4.69, 9.17) is 4.74 Å². The molecule has 0 spiro atoms. The summed E-state index contributed by atoms with van der Waals surface area (Å²) in [6.07, 6.45) is 4.10. The molecule has 1 unspecified atom stereocenters. The fraction of sp³-hybridized carbons (Fsp3) is 0.300. The van der Waals surface area contributed by atoms with Gasteiger partial charge in [-0.2, -0.15) is 0 Å². The zero-order chi connectivity index (χ0) is 10.3. The molecule has 1 atom stereocenters. The molecule has 2 nitrogen and oxygen atoms in total. The minimum absolute atomic E-state index is 0.0280. The Morgan fingerprint density at radius 3 is 2.64 bits per heavy atom. The van der Waals surface area contributed by atoms with Crippen LogP contribution >= 0.6 is 20.7 Å². The van der Waals surface area contributed by atoms with Gasteiger partial charge in [-0.3, -0.25) is 4.74 Å². The summed E-state index contributed by atoms with van der Waals surface area (Å²) in [6, 6.07) is 7.69. The summed E-state index contributed by atoms with van der Waals surface area (Å²) in [5.41, 5.74) is 1.74. The largest absolute Gasteiger partial charge is 0.519 e. The molecular formula is C10H13O2S2+. The van der Waals surface area contributed by atoms with Crippen molar-refractivity contribution in [3.63, 3.8) is 0 Å². The number of hydrogen-bond donors (Lipinski definition) is 1. The molecule has 1 aliphatic heterocycles. The predicted octanol–water partition coefficient (Wildman–Crippen LogP) is 2.47. The molecule has 0 amide bonds. The second-order valence-electron chi connectivity index (χ2n) is 3.69. The Bertz CT molecular complexity index is 382. The van der Waals surface area contributed by atoms with E-state index in [-0.39, 0.29) is 11.4 Å². The number of thiol groups is 1. The number of cyclic esters (lactones) is 1. The summed E-state index contributed by atoms with van der Waals surface area (Å²) in [7, 11) is -1.16. The fourth-order valence-electron chi connectivity index (χ4n) is 1.55. The van der Waals surface area contributed by atoms with E-state index in [2.05, 4.69) is 24.2 Å². The lowest BCUT2D eigenvalue weighted by molar-refractivity contribution is 0.271. The Labute approximate surface area is 89.8 Å². The van der Waals surface area contributed by atoms with E-state index in [0.29, 0.717) is 0 Å². The smallest absolute Gasteiger partial charge is 0.335 e. The quantitative estimate of drug-likeness (QED) is 0.341. The van der Waals surface area contributed by atoms with E-state index >= 15 is 0 Å². The topological polar surface area (TPSA) is 30.6 Å². The number of carbonyl (C=O) groups excluding carboxylic acids is 1. The Hall–Kier alpha value is -0.610. The molecule has 76 valence electrons. The van der Waals surface area contributed by atoms with Gasteiger partial charge in [0, 0.05) is 0 Å². The summed E-state index contributed by atoms with van der Waals surface area (Å²) in [6.45, 7) is 0. The van der Waals surface area contributed by atoms with Crippen molar-refractivity contribution in [1.29, 1.82) is 0 Å². The molecular weight excluding hydrogens is 216 g/mol. The van der Waals surface area contributed by atoms with E-state index in [0.717, 1.165) is 11.1 Å². The molecule has 2 rings (SSSR count). The molecule has 1 aromatic rings. The van der Waals surface area contributed by atoms with Gasteiger partial charge in [0.25, 0.3) is 5.44 Å². The monoisotopic (exact) mass is 229 g/mol. The number of fused-ring (bicyclic) bond motifs is 1.